The highest BCUT2D eigenvalue weighted by molar-refractivity contribution is 6.00. The van der Waals surface area contributed by atoms with Crippen molar-refractivity contribution < 1.29 is 9.90 Å². The number of benzene rings is 1. The Labute approximate surface area is 148 Å². The van der Waals surface area contributed by atoms with Crippen molar-refractivity contribution in [1.29, 1.82) is 0 Å². The normalized spacial score (nSPS) is 17.5. The van der Waals surface area contributed by atoms with Crippen LogP contribution in [0.2, 0.25) is 0 Å². The van der Waals surface area contributed by atoms with E-state index < -0.39 is 0 Å². The number of rotatable bonds is 5. The van der Waals surface area contributed by atoms with Gasteiger partial charge in [0.15, 0.2) is 5.75 Å². The molecule has 1 aromatic carbocycles. The summed E-state index contributed by atoms with van der Waals surface area (Å²) < 4.78 is 0. The molecule has 0 heterocycles. The molecule has 1 aliphatic carbocycles. The number of carbonyl (C=O) groups is 1. The van der Waals surface area contributed by atoms with Crippen LogP contribution in [-0.2, 0) is 0 Å². The molecule has 0 spiro atoms. The highest BCUT2D eigenvalue weighted by Crippen LogP contribution is 2.30. The second kappa shape index (κ2) is 8.24. The van der Waals surface area contributed by atoms with Crippen LogP contribution in [0.4, 0.5) is 5.69 Å². The molecule has 1 unspecified atom stereocenters. The number of allylic oxidation sites excluding steroid dienone is 7. The van der Waals surface area contributed by atoms with Crippen LogP contribution in [0.1, 0.15) is 36.2 Å². The largest absolute Gasteiger partial charge is 0.505 e. The van der Waals surface area contributed by atoms with E-state index in [2.05, 4.69) is 10.6 Å². The zero-order valence-electron chi connectivity index (χ0n) is 14.8. The smallest absolute Gasteiger partial charge is 0.259 e. The Hall–Kier alpha value is -2.95. The Bertz CT molecular complexity index is 773. The number of amides is 1. The van der Waals surface area contributed by atoms with Crippen LogP contribution in [0.15, 0.2) is 53.9 Å². The summed E-state index contributed by atoms with van der Waals surface area (Å²) in [5.41, 5.74) is 8.92. The third-order valence-corrected chi connectivity index (χ3v) is 4.17. The molecule has 1 amide bonds. The fourth-order valence-electron chi connectivity index (χ4n) is 2.63. The summed E-state index contributed by atoms with van der Waals surface area (Å²) in [6.45, 7) is 3.95. The molecule has 2 rings (SSSR count). The summed E-state index contributed by atoms with van der Waals surface area (Å²) in [6.07, 6.45) is 12.0. The number of hydrogen-bond donors (Lipinski definition) is 4. The van der Waals surface area contributed by atoms with E-state index >= 15 is 0 Å². The molecule has 0 fully saturated rings. The molecule has 5 heteroatoms. The van der Waals surface area contributed by atoms with Crippen LogP contribution in [0, 0.1) is 5.92 Å². The summed E-state index contributed by atoms with van der Waals surface area (Å²) in [6, 6.07) is 3.31. The number of phenolic OH excluding ortho intramolecular Hbond substituents is 1. The Morgan fingerprint density at radius 2 is 2.08 bits per heavy atom. The van der Waals surface area contributed by atoms with Gasteiger partial charge in [-0.05, 0) is 31.6 Å². The van der Waals surface area contributed by atoms with E-state index in [1.54, 1.807) is 18.2 Å². The van der Waals surface area contributed by atoms with E-state index in [9.17, 15) is 9.90 Å². The fourth-order valence-corrected chi connectivity index (χ4v) is 2.63. The van der Waals surface area contributed by atoms with E-state index in [-0.39, 0.29) is 28.8 Å². The number of carbonyl (C=O) groups excluding carboxylic acids is 1. The molecule has 0 saturated carbocycles. The van der Waals surface area contributed by atoms with Crippen LogP contribution in [0.25, 0.3) is 6.08 Å². The maximum atomic E-state index is 12.5. The van der Waals surface area contributed by atoms with Gasteiger partial charge in [0.1, 0.15) is 0 Å². The molecule has 5 nitrogen and oxygen atoms in total. The average Bonchev–Trinajstić information content (AvgIpc) is 2.60. The number of nitrogens with one attached hydrogen (secondary N) is 2. The molecule has 0 saturated heterocycles. The second-order valence-corrected chi connectivity index (χ2v) is 5.97. The maximum absolute atomic E-state index is 12.5. The first-order chi connectivity index (χ1) is 12.0. The Morgan fingerprint density at radius 3 is 2.72 bits per heavy atom. The molecule has 25 heavy (non-hydrogen) atoms. The third kappa shape index (κ3) is 4.32. The summed E-state index contributed by atoms with van der Waals surface area (Å²) in [5, 5.41) is 16.3. The lowest BCUT2D eigenvalue weighted by molar-refractivity contribution is 0.0959. The van der Waals surface area contributed by atoms with Gasteiger partial charge in [-0.1, -0.05) is 37.3 Å². The summed E-state index contributed by atoms with van der Waals surface area (Å²) in [5.74, 6) is -0.387. The van der Waals surface area contributed by atoms with Gasteiger partial charge in [-0.15, -0.1) is 0 Å². The molecule has 0 aliphatic heterocycles. The molecule has 5 N–H and O–H groups in total. The zero-order chi connectivity index (χ0) is 18.4. The van der Waals surface area contributed by atoms with Crippen LogP contribution in [0.3, 0.4) is 0 Å². The standard InChI is InChI=1S/C20H25N3O2/c1-4-5-6-7-14-8-10-16(19(24)18(14)21)20(25)23-17-11-9-15(22-3)12-13(17)2/h4-11,13,22,24H,12,21H2,1-3H3,(H,23,25)/b5-4-,7-6-. The van der Waals surface area contributed by atoms with Gasteiger partial charge in [-0.25, -0.2) is 0 Å². The van der Waals surface area contributed by atoms with E-state index in [0.717, 1.165) is 17.8 Å². The molecule has 0 aromatic heterocycles. The van der Waals surface area contributed by atoms with Gasteiger partial charge < -0.3 is 21.5 Å². The Kier molecular flexibility index (Phi) is 6.06. The highest BCUT2D eigenvalue weighted by atomic mass is 16.3. The summed E-state index contributed by atoms with van der Waals surface area (Å²) >= 11 is 0. The second-order valence-electron chi connectivity index (χ2n) is 5.97. The first kappa shape index (κ1) is 18.4. The van der Waals surface area contributed by atoms with Gasteiger partial charge in [0, 0.05) is 29.9 Å². The molecule has 132 valence electrons. The summed E-state index contributed by atoms with van der Waals surface area (Å²) in [4.78, 5) is 12.5. The highest BCUT2D eigenvalue weighted by Gasteiger charge is 2.20. The van der Waals surface area contributed by atoms with Crippen molar-refractivity contribution in [3.8, 4) is 5.75 Å². The van der Waals surface area contributed by atoms with Crippen molar-refractivity contribution in [1.82, 2.24) is 10.6 Å². The Balaban J connectivity index is 2.21. The number of anilines is 1. The van der Waals surface area contributed by atoms with E-state index in [1.165, 1.54) is 0 Å². The van der Waals surface area contributed by atoms with Crippen molar-refractivity contribution in [2.45, 2.75) is 20.3 Å². The van der Waals surface area contributed by atoms with Gasteiger partial charge in [-0.2, -0.15) is 0 Å². The van der Waals surface area contributed by atoms with E-state index in [1.807, 2.05) is 51.3 Å². The third-order valence-electron chi connectivity index (χ3n) is 4.17. The van der Waals surface area contributed by atoms with E-state index in [4.69, 9.17) is 5.73 Å². The quantitative estimate of drug-likeness (QED) is 0.376. The van der Waals surface area contributed by atoms with Crippen molar-refractivity contribution >= 4 is 17.7 Å². The molecular weight excluding hydrogens is 314 g/mol. The molecule has 1 aliphatic rings. The van der Waals surface area contributed by atoms with Gasteiger partial charge >= 0.3 is 0 Å². The van der Waals surface area contributed by atoms with Crippen LogP contribution >= 0.6 is 0 Å². The molecule has 1 atom stereocenters. The van der Waals surface area contributed by atoms with Gasteiger partial charge in [-0.3, -0.25) is 4.79 Å². The van der Waals surface area contributed by atoms with E-state index in [0.29, 0.717) is 5.56 Å². The van der Waals surface area contributed by atoms with Gasteiger partial charge in [0.2, 0.25) is 0 Å². The lowest BCUT2D eigenvalue weighted by Crippen LogP contribution is -2.28. The number of aromatic hydroxyl groups is 1. The van der Waals surface area contributed by atoms with Gasteiger partial charge in [0.25, 0.3) is 5.91 Å². The lowest BCUT2D eigenvalue weighted by Gasteiger charge is -2.22. The predicted molar refractivity (Wildman–Crippen MR) is 103 cm³/mol. The Morgan fingerprint density at radius 1 is 1.32 bits per heavy atom. The minimum absolute atomic E-state index is 0.164. The fraction of sp³-hybridized carbons (Fsp3) is 0.250. The predicted octanol–water partition coefficient (Wildman–Crippen LogP) is 3.32. The first-order valence-electron chi connectivity index (χ1n) is 8.28. The lowest BCUT2D eigenvalue weighted by atomic mass is 9.96. The number of phenols is 1. The molecule has 0 bridgehead atoms. The van der Waals surface area contributed by atoms with Crippen LogP contribution in [0.5, 0.6) is 5.75 Å². The minimum atomic E-state index is -0.368. The number of nitrogens with two attached hydrogens (primary N) is 1. The molecule has 0 radical (unpaired) electrons. The van der Waals surface area contributed by atoms with Crippen LogP contribution < -0.4 is 16.4 Å². The van der Waals surface area contributed by atoms with Crippen molar-refractivity contribution in [3.05, 3.63) is 65.0 Å². The maximum Gasteiger partial charge on any atom is 0.259 e. The van der Waals surface area contributed by atoms with Crippen molar-refractivity contribution in [2.75, 3.05) is 12.8 Å². The molecular formula is C20H25N3O2. The minimum Gasteiger partial charge on any atom is -0.505 e. The monoisotopic (exact) mass is 339 g/mol. The first-order valence-corrected chi connectivity index (χ1v) is 8.28. The van der Waals surface area contributed by atoms with Crippen LogP contribution in [-0.4, -0.2) is 18.1 Å². The van der Waals surface area contributed by atoms with Crippen molar-refractivity contribution in [3.63, 3.8) is 0 Å². The number of hydrogen-bond acceptors (Lipinski definition) is 4. The summed E-state index contributed by atoms with van der Waals surface area (Å²) in [7, 11) is 1.88. The average molecular weight is 339 g/mol. The molecule has 1 aromatic rings. The SMILES string of the molecule is C/C=C\C=C/c1ccc(C(=O)NC2=CC=C(NC)CC2C)c(O)c1N. The van der Waals surface area contributed by atoms with Gasteiger partial charge in [0.05, 0.1) is 11.3 Å². The number of nitrogen functional groups attached to an aromatic ring is 1. The zero-order valence-corrected chi connectivity index (χ0v) is 14.8. The topological polar surface area (TPSA) is 87.4 Å². The van der Waals surface area contributed by atoms with Crippen molar-refractivity contribution in [2.24, 2.45) is 5.92 Å².